The van der Waals surface area contributed by atoms with E-state index in [1.807, 2.05) is 19.1 Å². The van der Waals surface area contributed by atoms with Gasteiger partial charge in [-0.05, 0) is 37.0 Å². The minimum atomic E-state index is -0.127. The highest BCUT2D eigenvalue weighted by Gasteiger charge is 2.22. The highest BCUT2D eigenvalue weighted by Crippen LogP contribution is 2.34. The van der Waals surface area contributed by atoms with E-state index in [2.05, 4.69) is 20.8 Å². The van der Waals surface area contributed by atoms with Gasteiger partial charge in [0, 0.05) is 11.1 Å². The zero-order valence-electron chi connectivity index (χ0n) is 12.6. The monoisotopic (exact) mass is 262 g/mol. The number of ether oxygens (including phenoxy) is 1. The maximum atomic E-state index is 12.1. The Hall–Kier alpha value is -1.64. The molecule has 0 aliphatic carbocycles. The van der Waals surface area contributed by atoms with Crippen LogP contribution in [0.4, 0.5) is 0 Å². The number of benzene rings is 1. The third-order valence-electron chi connectivity index (χ3n) is 3.06. The third kappa shape index (κ3) is 3.66. The minimum absolute atomic E-state index is 0.0449. The molecule has 0 saturated heterocycles. The fraction of sp³-hybridized carbons (Fsp3) is 0.500. The lowest BCUT2D eigenvalue weighted by molar-refractivity contribution is -0.116. The van der Waals surface area contributed by atoms with E-state index >= 15 is 0 Å². The van der Waals surface area contributed by atoms with E-state index in [4.69, 9.17) is 4.74 Å². The van der Waals surface area contributed by atoms with Crippen molar-refractivity contribution in [3.63, 3.8) is 0 Å². The Morgan fingerprint density at radius 1 is 1.21 bits per heavy atom. The van der Waals surface area contributed by atoms with Crippen LogP contribution in [0.1, 0.15) is 55.6 Å². The molecule has 0 aromatic heterocycles. The van der Waals surface area contributed by atoms with E-state index in [0.717, 1.165) is 16.9 Å². The summed E-state index contributed by atoms with van der Waals surface area (Å²) >= 11 is 0. The van der Waals surface area contributed by atoms with Crippen molar-refractivity contribution < 1.29 is 14.3 Å². The zero-order chi connectivity index (χ0) is 14.8. The number of carbonyl (C=O) groups is 2. The summed E-state index contributed by atoms with van der Waals surface area (Å²) in [5.74, 6) is 0.542. The Kier molecular flexibility index (Phi) is 4.51. The van der Waals surface area contributed by atoms with Gasteiger partial charge >= 0.3 is 0 Å². The summed E-state index contributed by atoms with van der Waals surface area (Å²) in [6, 6.07) is 3.73. The van der Waals surface area contributed by atoms with Gasteiger partial charge in [0.05, 0.1) is 13.5 Å². The molecule has 3 nitrogen and oxygen atoms in total. The zero-order valence-corrected chi connectivity index (χ0v) is 12.6. The average molecular weight is 262 g/mol. The second-order valence-electron chi connectivity index (χ2n) is 5.92. The topological polar surface area (TPSA) is 43.4 Å². The number of Topliss-reactive ketones (excluding diaryl/α,β-unsaturated/α-hetero) is 2. The van der Waals surface area contributed by atoms with Gasteiger partial charge in [-0.1, -0.05) is 20.8 Å². The molecule has 0 unspecified atom stereocenters. The van der Waals surface area contributed by atoms with Crippen LogP contribution >= 0.6 is 0 Å². The van der Waals surface area contributed by atoms with Gasteiger partial charge in [-0.2, -0.15) is 0 Å². The first kappa shape index (κ1) is 15.4. The molecule has 0 radical (unpaired) electrons. The van der Waals surface area contributed by atoms with Crippen LogP contribution in [0.5, 0.6) is 5.75 Å². The number of ketones is 2. The summed E-state index contributed by atoms with van der Waals surface area (Å²) < 4.78 is 5.39. The van der Waals surface area contributed by atoms with Gasteiger partial charge in [0.1, 0.15) is 11.5 Å². The standard InChI is InChI=1S/C16H22O3/c1-10-7-15(19-6)13(16(3,4)5)9-12(10)14(18)8-11(2)17/h7,9H,8H2,1-6H3. The van der Waals surface area contributed by atoms with E-state index in [1.165, 1.54) is 6.92 Å². The fourth-order valence-electron chi connectivity index (χ4n) is 2.06. The quantitative estimate of drug-likeness (QED) is 0.616. The molecular weight excluding hydrogens is 240 g/mol. The molecule has 0 fully saturated rings. The highest BCUT2D eigenvalue weighted by atomic mass is 16.5. The lowest BCUT2D eigenvalue weighted by Crippen LogP contribution is -2.16. The van der Waals surface area contributed by atoms with Crippen LogP contribution in [0.25, 0.3) is 0 Å². The summed E-state index contributed by atoms with van der Waals surface area (Å²) in [6.07, 6.45) is -0.0449. The van der Waals surface area contributed by atoms with Crippen molar-refractivity contribution in [2.45, 2.75) is 46.5 Å². The second-order valence-corrected chi connectivity index (χ2v) is 5.92. The van der Waals surface area contributed by atoms with Crippen LogP contribution in [-0.2, 0) is 10.2 Å². The number of rotatable bonds is 4. The van der Waals surface area contributed by atoms with Crippen LogP contribution in [-0.4, -0.2) is 18.7 Å². The van der Waals surface area contributed by atoms with Crippen molar-refractivity contribution >= 4 is 11.6 Å². The number of methoxy groups -OCH3 is 1. The molecule has 19 heavy (non-hydrogen) atoms. The molecule has 1 aromatic rings. The molecule has 0 bridgehead atoms. The van der Waals surface area contributed by atoms with Gasteiger partial charge in [0.2, 0.25) is 0 Å². The molecule has 0 spiro atoms. The smallest absolute Gasteiger partial charge is 0.170 e. The van der Waals surface area contributed by atoms with Crippen LogP contribution < -0.4 is 4.74 Å². The Labute approximate surface area is 115 Å². The molecule has 3 heteroatoms. The van der Waals surface area contributed by atoms with Gasteiger partial charge in [-0.25, -0.2) is 0 Å². The molecule has 0 atom stereocenters. The Morgan fingerprint density at radius 2 is 1.79 bits per heavy atom. The Balaban J connectivity index is 3.35. The van der Waals surface area contributed by atoms with Gasteiger partial charge in [-0.3, -0.25) is 9.59 Å². The number of aryl methyl sites for hydroxylation is 1. The summed E-state index contributed by atoms with van der Waals surface area (Å²) in [4.78, 5) is 23.2. The predicted molar refractivity (Wildman–Crippen MR) is 76.1 cm³/mol. The molecule has 0 amide bonds. The van der Waals surface area contributed by atoms with E-state index in [-0.39, 0.29) is 23.4 Å². The predicted octanol–water partition coefficient (Wildman–Crippen LogP) is 3.46. The first-order valence-corrected chi connectivity index (χ1v) is 6.38. The largest absolute Gasteiger partial charge is 0.496 e. The second kappa shape index (κ2) is 5.55. The summed E-state index contributed by atoms with van der Waals surface area (Å²) in [5.41, 5.74) is 2.31. The van der Waals surface area contributed by atoms with Crippen LogP contribution in [0, 0.1) is 6.92 Å². The molecule has 0 aliphatic rings. The van der Waals surface area contributed by atoms with E-state index in [9.17, 15) is 9.59 Å². The number of hydrogen-bond donors (Lipinski definition) is 0. The van der Waals surface area contributed by atoms with Crippen LogP contribution in [0.3, 0.4) is 0 Å². The minimum Gasteiger partial charge on any atom is -0.496 e. The molecule has 0 saturated carbocycles. The van der Waals surface area contributed by atoms with Crippen LogP contribution in [0.15, 0.2) is 12.1 Å². The lowest BCUT2D eigenvalue weighted by Gasteiger charge is -2.23. The number of hydrogen-bond acceptors (Lipinski definition) is 3. The Bertz CT molecular complexity index is 507. The first-order valence-electron chi connectivity index (χ1n) is 6.38. The number of carbonyl (C=O) groups excluding carboxylic acids is 2. The first-order chi connectivity index (χ1) is 8.66. The molecule has 1 rings (SSSR count). The van der Waals surface area contributed by atoms with Crippen molar-refractivity contribution in [3.8, 4) is 5.75 Å². The SMILES string of the molecule is COc1cc(C)c(C(=O)CC(C)=O)cc1C(C)(C)C. The summed E-state index contributed by atoms with van der Waals surface area (Å²) in [6.45, 7) is 9.50. The lowest BCUT2D eigenvalue weighted by atomic mass is 9.83. The molecule has 1 aromatic carbocycles. The molecule has 0 aliphatic heterocycles. The molecule has 0 heterocycles. The van der Waals surface area contributed by atoms with E-state index < -0.39 is 0 Å². The molecular formula is C16H22O3. The van der Waals surface area contributed by atoms with Gasteiger partial charge in [-0.15, -0.1) is 0 Å². The van der Waals surface area contributed by atoms with E-state index in [1.54, 1.807) is 7.11 Å². The van der Waals surface area contributed by atoms with Gasteiger partial charge in [0.15, 0.2) is 5.78 Å². The molecule has 0 N–H and O–H groups in total. The highest BCUT2D eigenvalue weighted by molar-refractivity contribution is 6.08. The van der Waals surface area contributed by atoms with E-state index in [0.29, 0.717) is 5.56 Å². The van der Waals surface area contributed by atoms with Crippen molar-refractivity contribution in [3.05, 3.63) is 28.8 Å². The summed E-state index contributed by atoms with van der Waals surface area (Å²) in [5, 5.41) is 0. The van der Waals surface area contributed by atoms with Crippen molar-refractivity contribution in [1.29, 1.82) is 0 Å². The maximum absolute atomic E-state index is 12.1. The van der Waals surface area contributed by atoms with Gasteiger partial charge < -0.3 is 4.74 Å². The third-order valence-corrected chi connectivity index (χ3v) is 3.06. The molecule has 104 valence electrons. The normalized spacial score (nSPS) is 11.3. The average Bonchev–Trinajstić information content (AvgIpc) is 2.25. The van der Waals surface area contributed by atoms with Crippen LogP contribution in [0.2, 0.25) is 0 Å². The maximum Gasteiger partial charge on any atom is 0.170 e. The van der Waals surface area contributed by atoms with Crippen molar-refractivity contribution in [1.82, 2.24) is 0 Å². The van der Waals surface area contributed by atoms with Crippen molar-refractivity contribution in [2.24, 2.45) is 0 Å². The fourth-order valence-corrected chi connectivity index (χ4v) is 2.06. The van der Waals surface area contributed by atoms with Gasteiger partial charge in [0.25, 0.3) is 0 Å². The Morgan fingerprint density at radius 3 is 2.21 bits per heavy atom. The summed E-state index contributed by atoms with van der Waals surface area (Å²) in [7, 11) is 1.63. The van der Waals surface area contributed by atoms with Crippen molar-refractivity contribution in [2.75, 3.05) is 7.11 Å².